The van der Waals surface area contributed by atoms with E-state index in [1.165, 1.54) is 16.2 Å². The monoisotopic (exact) mass is 1970 g/mol. The first kappa shape index (κ1) is 96.0. The number of para-hydroxylation sites is 4. The molecule has 10 aromatic heterocycles. The molecular weight excluding hydrogens is 1880 g/mol. The fraction of sp³-hybridized carbons (Fsp3) is 0.0303. The van der Waals surface area contributed by atoms with Gasteiger partial charge in [-0.1, -0.05) is 229 Å². The Morgan fingerprint density at radius 2 is 0.507 bits per heavy atom. The maximum atomic E-state index is 13.7. The molecule has 0 aliphatic carbocycles. The van der Waals surface area contributed by atoms with E-state index in [0.717, 1.165) is 138 Å². The molecule has 0 N–H and O–H groups in total. The number of hydrogen-bond donors (Lipinski definition) is 0. The molecule has 0 radical (unpaired) electrons. The van der Waals surface area contributed by atoms with Crippen LogP contribution in [0.15, 0.2) is 431 Å². The van der Waals surface area contributed by atoms with Crippen LogP contribution in [0.4, 0.5) is 0 Å². The molecule has 24 aromatic rings. The Balaban J connectivity index is 0.000000117. The standard InChI is InChI=1S/C34H23N3O.C33H22N4O.C33H22N2OS.C32H21N3OS/c1-24-21-25(12-13-27-7-6-20-35-23-27)15-18-32(24)37-33(36-31-11-5-4-10-30(31)34(37)38)19-16-26-14-17-28-8-2-3-9-29(28)22-26;1-23-20-24(10-11-26-6-4-18-34-22-26)13-16-31(23)37-32(36-30-9-3-2-8-28(30)33(37)38)17-14-25-12-15-29-27(21-25)7-5-19-35-29;1-23-21-24(13-17-28-9-6-20-37-28)14-18-31(23)35-32(34-30-11-5-4-10-29(30)33(35)36)19-15-25-12-16-26-7-2-3-8-27(26)22-25;1-22-20-23(10-14-26-7-5-19-37-26)12-16-30(22)35-31(34-29-9-3-2-8-27(29)32(35)36)17-13-24-11-15-28-25(21-24)6-4-18-33-28/h2-11,14-23H,1H3;2-9,12-22H,1H3;2-12,14-16,18-22H,1H3;2-9,11-13,15-21H,1H3/b19-16+;17-14+;19-15+;17-13+. The highest BCUT2D eigenvalue weighted by Gasteiger charge is 2.20. The second kappa shape index (κ2) is 44.4. The van der Waals surface area contributed by atoms with E-state index in [2.05, 4.69) is 140 Å². The van der Waals surface area contributed by atoms with Gasteiger partial charge in [0.25, 0.3) is 22.2 Å². The summed E-state index contributed by atoms with van der Waals surface area (Å²) in [5.41, 5.74) is 20.3. The predicted molar refractivity (Wildman–Crippen MR) is 616 cm³/mol. The molecule has 0 atom stereocenters. The van der Waals surface area contributed by atoms with Crippen LogP contribution in [0.3, 0.4) is 0 Å². The van der Waals surface area contributed by atoms with Gasteiger partial charge in [0.05, 0.1) is 87.1 Å². The van der Waals surface area contributed by atoms with E-state index < -0.39 is 0 Å². The van der Waals surface area contributed by atoms with Crippen LogP contribution in [0.2, 0.25) is 0 Å². The van der Waals surface area contributed by atoms with Crippen LogP contribution in [0.5, 0.6) is 0 Å². The predicted octanol–water partition coefficient (Wildman–Crippen LogP) is 27.4. The topological polar surface area (TPSA) is 191 Å². The molecule has 0 saturated carbocycles. The molecule has 0 fully saturated rings. The van der Waals surface area contributed by atoms with Crippen molar-refractivity contribution in [3.8, 4) is 70.1 Å². The van der Waals surface area contributed by atoms with Crippen molar-refractivity contribution >= 4 is 158 Å². The van der Waals surface area contributed by atoms with E-state index in [-0.39, 0.29) is 22.2 Å². The maximum absolute atomic E-state index is 13.7. The van der Waals surface area contributed by atoms with Crippen molar-refractivity contribution in [2.45, 2.75) is 27.7 Å². The molecule has 0 aliphatic heterocycles. The van der Waals surface area contributed by atoms with Gasteiger partial charge in [0.1, 0.15) is 23.3 Å². The number of aromatic nitrogens is 12. The van der Waals surface area contributed by atoms with E-state index in [4.69, 9.17) is 19.9 Å². The molecule has 0 spiro atoms. The molecule has 16 nitrogen and oxygen atoms in total. The molecule has 0 saturated heterocycles. The van der Waals surface area contributed by atoms with Crippen molar-refractivity contribution in [1.82, 2.24) is 58.1 Å². The average molecular weight is 1970 g/mol. The number of nitrogens with zero attached hydrogens (tertiary/aromatic N) is 12. The van der Waals surface area contributed by atoms with E-state index >= 15 is 0 Å². The van der Waals surface area contributed by atoms with Crippen molar-refractivity contribution in [1.29, 1.82) is 0 Å². The number of benzene rings is 14. The quantitative estimate of drug-likeness (QED) is 0.105. The fourth-order valence-corrected chi connectivity index (χ4v) is 18.9. The lowest BCUT2D eigenvalue weighted by atomic mass is 10.1. The van der Waals surface area contributed by atoms with Crippen LogP contribution in [0, 0.1) is 75.1 Å². The normalized spacial score (nSPS) is 11.1. The highest BCUT2D eigenvalue weighted by atomic mass is 32.1. The lowest BCUT2D eigenvalue weighted by Gasteiger charge is -2.14. The molecule has 0 bridgehead atoms. The van der Waals surface area contributed by atoms with Gasteiger partial charge in [-0.05, 0) is 335 Å². The third-order valence-corrected chi connectivity index (χ3v) is 26.8. The van der Waals surface area contributed by atoms with E-state index in [1.807, 2.05) is 378 Å². The number of pyridine rings is 4. The summed E-state index contributed by atoms with van der Waals surface area (Å²) in [6.07, 6.45) is 26.1. The lowest BCUT2D eigenvalue weighted by molar-refractivity contribution is 0.934. The van der Waals surface area contributed by atoms with Gasteiger partial charge in [-0.25, -0.2) is 19.9 Å². The van der Waals surface area contributed by atoms with Crippen molar-refractivity contribution in [3.05, 3.63) is 564 Å². The summed E-state index contributed by atoms with van der Waals surface area (Å²) in [5, 5.41) is 13.2. The first-order valence-electron chi connectivity index (χ1n) is 48.5. The van der Waals surface area contributed by atoms with Crippen LogP contribution in [0.25, 0.3) is 158 Å². The minimum Gasteiger partial charge on any atom is -0.268 e. The Morgan fingerprint density at radius 3 is 0.813 bits per heavy atom. The van der Waals surface area contributed by atoms with Crippen LogP contribution in [-0.2, 0) is 0 Å². The summed E-state index contributed by atoms with van der Waals surface area (Å²) in [5.74, 6) is 27.8. The largest absolute Gasteiger partial charge is 0.268 e. The fourth-order valence-electron chi connectivity index (χ4n) is 17.7. The molecular formula is C132H88N12O4S2. The number of thiophene rings is 2. The van der Waals surface area contributed by atoms with E-state index in [9.17, 15) is 19.2 Å². The first-order valence-corrected chi connectivity index (χ1v) is 50.2. The number of fused-ring (bicyclic) bond motifs is 8. The number of rotatable bonds is 12. The molecule has 24 rings (SSSR count). The van der Waals surface area contributed by atoms with Crippen LogP contribution in [0.1, 0.15) is 111 Å². The Morgan fingerprint density at radius 1 is 0.227 bits per heavy atom. The van der Waals surface area contributed by atoms with Gasteiger partial charge in [-0.3, -0.25) is 57.4 Å². The van der Waals surface area contributed by atoms with Gasteiger partial charge in [0.2, 0.25) is 0 Å². The van der Waals surface area contributed by atoms with Crippen LogP contribution < -0.4 is 22.2 Å². The molecule has 712 valence electrons. The zero-order valence-electron chi connectivity index (χ0n) is 81.7. The van der Waals surface area contributed by atoms with Gasteiger partial charge in [-0.2, -0.15) is 0 Å². The molecule has 0 aliphatic rings. The third kappa shape index (κ3) is 22.0. The summed E-state index contributed by atoms with van der Waals surface area (Å²) in [4.78, 5) is 93.4. The number of aryl methyl sites for hydroxylation is 4. The van der Waals surface area contributed by atoms with Gasteiger partial charge in [0, 0.05) is 81.3 Å². The molecule has 18 heteroatoms. The highest BCUT2D eigenvalue weighted by molar-refractivity contribution is 7.10. The summed E-state index contributed by atoms with van der Waals surface area (Å²) in [7, 11) is 0. The third-order valence-electron chi connectivity index (χ3n) is 25.2. The molecule has 150 heavy (non-hydrogen) atoms. The number of hydrogen-bond acceptors (Lipinski definition) is 14. The molecule has 0 unspecified atom stereocenters. The zero-order valence-corrected chi connectivity index (χ0v) is 83.3. The highest BCUT2D eigenvalue weighted by Crippen LogP contribution is 2.30. The van der Waals surface area contributed by atoms with Gasteiger partial charge in [0.15, 0.2) is 0 Å². The van der Waals surface area contributed by atoms with Crippen molar-refractivity contribution in [2.75, 3.05) is 0 Å². The summed E-state index contributed by atoms with van der Waals surface area (Å²) in [6, 6.07) is 118. The molecule has 10 heterocycles. The Bertz CT molecular complexity index is 9480. The maximum Gasteiger partial charge on any atom is 0.266 e. The zero-order chi connectivity index (χ0) is 102. The average Bonchev–Trinajstić information content (AvgIpc) is 0.864. The van der Waals surface area contributed by atoms with Crippen LogP contribution in [-0.4, -0.2) is 58.1 Å². The Labute approximate surface area is 872 Å². The lowest BCUT2D eigenvalue weighted by Crippen LogP contribution is -2.23. The second-order valence-electron chi connectivity index (χ2n) is 35.4. The van der Waals surface area contributed by atoms with Crippen molar-refractivity contribution < 1.29 is 0 Å². The molecule has 14 aromatic carbocycles. The minimum absolute atomic E-state index is 0.0933. The summed E-state index contributed by atoms with van der Waals surface area (Å²) < 4.78 is 6.75. The van der Waals surface area contributed by atoms with Gasteiger partial charge < -0.3 is 0 Å². The Hall–Kier alpha value is -20.1. The second-order valence-corrected chi connectivity index (χ2v) is 37.3. The molecule has 0 amide bonds. The SMILES string of the molecule is Cc1cc(C#Cc2cccnc2)ccc1-n1c(/C=C/c2ccc3ccccc3c2)nc2ccccc2c1=O.Cc1cc(C#Cc2cccnc2)ccc1-n1c(/C=C/c2ccc3ncccc3c2)nc2ccccc2c1=O.Cc1cc(C#Cc2cccs2)ccc1-n1c(/C=C/c2ccc3ccccc3c2)nc2ccccc2c1=O.Cc1cc(C#Cc2cccs2)ccc1-n1c(/C=C/c2ccc3ncccc3c2)nc2ccccc2c1=O. The van der Waals surface area contributed by atoms with Crippen molar-refractivity contribution in [2.24, 2.45) is 0 Å². The van der Waals surface area contributed by atoms with Gasteiger partial charge in [-0.15, -0.1) is 22.7 Å². The first-order chi connectivity index (χ1) is 73.6. The minimum atomic E-state index is -0.116. The van der Waals surface area contributed by atoms with Crippen LogP contribution >= 0.6 is 22.7 Å². The summed E-state index contributed by atoms with van der Waals surface area (Å²) >= 11 is 3.24. The van der Waals surface area contributed by atoms with Gasteiger partial charge >= 0.3 is 0 Å². The Kier molecular flexibility index (Phi) is 28.4. The van der Waals surface area contributed by atoms with E-state index in [0.29, 0.717) is 66.9 Å². The van der Waals surface area contributed by atoms with E-state index in [1.54, 1.807) is 78.1 Å². The summed E-state index contributed by atoms with van der Waals surface area (Å²) in [6.45, 7) is 7.97. The van der Waals surface area contributed by atoms with Crippen molar-refractivity contribution in [3.63, 3.8) is 0 Å². The smallest absolute Gasteiger partial charge is 0.266 e.